The first kappa shape index (κ1) is 13.5. The number of oxime groups is 1. The van der Waals surface area contributed by atoms with Crippen LogP contribution in [0.2, 0.25) is 0 Å². The maximum absolute atomic E-state index is 8.94. The van der Waals surface area contributed by atoms with Gasteiger partial charge in [0, 0.05) is 0 Å². The molecule has 0 atom stereocenters. The van der Waals surface area contributed by atoms with Crippen LogP contribution in [0.4, 0.5) is 0 Å². The normalized spacial score (nSPS) is 11.3. The fourth-order valence-corrected chi connectivity index (χ4v) is 1.69. The smallest absolute Gasteiger partial charge is 0.0577 e. The van der Waals surface area contributed by atoms with Crippen LogP contribution in [-0.4, -0.2) is 10.9 Å². The van der Waals surface area contributed by atoms with Gasteiger partial charge in [-0.1, -0.05) is 47.1 Å². The molecule has 1 N–H and O–H groups in total. The van der Waals surface area contributed by atoms with Gasteiger partial charge >= 0.3 is 0 Å². The van der Waals surface area contributed by atoms with E-state index in [4.69, 9.17) is 5.21 Å². The van der Waals surface area contributed by atoms with Gasteiger partial charge in [0.1, 0.15) is 0 Å². The number of hydrogen-bond donors (Lipinski definition) is 1. The lowest BCUT2D eigenvalue weighted by atomic mass is 10.0. The van der Waals surface area contributed by atoms with Crippen LogP contribution >= 0.6 is 0 Å². The Kier molecular flexibility index (Phi) is 6.08. The SMILES string of the molecule is CC(C)=CCC/C(CCc1ccccc1)=N\O. The van der Waals surface area contributed by atoms with E-state index >= 15 is 0 Å². The van der Waals surface area contributed by atoms with Gasteiger partial charge in [-0.2, -0.15) is 0 Å². The van der Waals surface area contributed by atoms with Crippen molar-refractivity contribution in [3.63, 3.8) is 0 Å². The second kappa shape index (κ2) is 7.66. The van der Waals surface area contributed by atoms with Crippen molar-refractivity contribution in [1.29, 1.82) is 0 Å². The first-order valence-electron chi connectivity index (χ1n) is 6.09. The summed E-state index contributed by atoms with van der Waals surface area (Å²) in [7, 11) is 0. The van der Waals surface area contributed by atoms with Crippen molar-refractivity contribution >= 4 is 5.71 Å². The first-order chi connectivity index (χ1) is 8.22. The van der Waals surface area contributed by atoms with Crippen LogP contribution in [0.3, 0.4) is 0 Å². The summed E-state index contributed by atoms with van der Waals surface area (Å²) in [5.41, 5.74) is 3.48. The largest absolute Gasteiger partial charge is 0.411 e. The van der Waals surface area contributed by atoms with Gasteiger partial charge in [-0.15, -0.1) is 0 Å². The molecule has 0 fully saturated rings. The summed E-state index contributed by atoms with van der Waals surface area (Å²) in [5.74, 6) is 0. The van der Waals surface area contributed by atoms with Gasteiger partial charge in [-0.25, -0.2) is 0 Å². The first-order valence-corrected chi connectivity index (χ1v) is 6.09. The molecule has 0 aliphatic carbocycles. The zero-order valence-electron chi connectivity index (χ0n) is 10.7. The molecule has 0 unspecified atom stereocenters. The lowest BCUT2D eigenvalue weighted by Gasteiger charge is -2.03. The van der Waals surface area contributed by atoms with Gasteiger partial charge in [-0.05, 0) is 45.1 Å². The highest BCUT2D eigenvalue weighted by molar-refractivity contribution is 5.84. The Morgan fingerprint density at radius 3 is 2.47 bits per heavy atom. The van der Waals surface area contributed by atoms with Crippen molar-refractivity contribution in [1.82, 2.24) is 0 Å². The highest BCUT2D eigenvalue weighted by atomic mass is 16.4. The molecule has 0 bridgehead atoms. The quantitative estimate of drug-likeness (QED) is 0.338. The fraction of sp³-hybridized carbons (Fsp3) is 0.400. The molecule has 0 spiro atoms. The van der Waals surface area contributed by atoms with Crippen molar-refractivity contribution in [3.8, 4) is 0 Å². The molecule has 1 aromatic carbocycles. The molecule has 0 aliphatic rings. The van der Waals surface area contributed by atoms with Crippen molar-refractivity contribution in [2.45, 2.75) is 39.5 Å². The molecule has 0 aromatic heterocycles. The van der Waals surface area contributed by atoms with Crippen LogP contribution < -0.4 is 0 Å². The Morgan fingerprint density at radius 2 is 1.88 bits per heavy atom. The molecule has 0 saturated carbocycles. The average molecular weight is 231 g/mol. The Hall–Kier alpha value is -1.57. The van der Waals surface area contributed by atoms with Crippen LogP contribution in [0.1, 0.15) is 38.7 Å². The standard InChI is InChI=1S/C15H21NO/c1-13(2)7-6-10-15(16-17)12-11-14-8-4-3-5-9-14/h3-5,7-9,17H,6,10-12H2,1-2H3/b16-15+. The van der Waals surface area contributed by atoms with Gasteiger partial charge in [0.05, 0.1) is 5.71 Å². The Balaban J connectivity index is 2.36. The van der Waals surface area contributed by atoms with Gasteiger partial charge in [-0.3, -0.25) is 0 Å². The predicted octanol–water partition coefficient (Wildman–Crippen LogP) is 4.20. The third-order valence-electron chi connectivity index (χ3n) is 2.67. The molecule has 0 radical (unpaired) electrons. The Morgan fingerprint density at radius 1 is 1.18 bits per heavy atom. The number of aryl methyl sites for hydroxylation is 1. The van der Waals surface area contributed by atoms with Crippen molar-refractivity contribution < 1.29 is 5.21 Å². The third-order valence-corrected chi connectivity index (χ3v) is 2.67. The number of allylic oxidation sites excluding steroid dienone is 2. The zero-order chi connectivity index (χ0) is 12.5. The van der Waals surface area contributed by atoms with Gasteiger partial charge in [0.2, 0.25) is 0 Å². The lowest BCUT2D eigenvalue weighted by Crippen LogP contribution is -2.00. The molecular formula is C15H21NO. The van der Waals surface area contributed by atoms with Gasteiger partial charge < -0.3 is 5.21 Å². The summed E-state index contributed by atoms with van der Waals surface area (Å²) in [4.78, 5) is 0. The second-order valence-electron chi connectivity index (χ2n) is 4.47. The van der Waals surface area contributed by atoms with E-state index in [1.54, 1.807) is 0 Å². The zero-order valence-corrected chi connectivity index (χ0v) is 10.7. The molecule has 1 rings (SSSR count). The third kappa shape index (κ3) is 5.91. The fourth-order valence-electron chi connectivity index (χ4n) is 1.69. The van der Waals surface area contributed by atoms with E-state index < -0.39 is 0 Å². The van der Waals surface area contributed by atoms with Crippen molar-refractivity contribution in [3.05, 3.63) is 47.5 Å². The predicted molar refractivity (Wildman–Crippen MR) is 72.6 cm³/mol. The topological polar surface area (TPSA) is 32.6 Å². The molecule has 2 heteroatoms. The molecule has 1 aromatic rings. The van der Waals surface area contributed by atoms with Crippen LogP contribution in [-0.2, 0) is 6.42 Å². The molecule has 2 nitrogen and oxygen atoms in total. The molecular weight excluding hydrogens is 210 g/mol. The van der Waals surface area contributed by atoms with Gasteiger partial charge in [0.15, 0.2) is 0 Å². The highest BCUT2D eigenvalue weighted by Gasteiger charge is 2.00. The van der Waals surface area contributed by atoms with E-state index in [0.717, 1.165) is 31.4 Å². The molecule has 17 heavy (non-hydrogen) atoms. The minimum absolute atomic E-state index is 0.830. The van der Waals surface area contributed by atoms with Crippen LogP contribution in [0.5, 0.6) is 0 Å². The molecule has 0 amide bonds. The number of benzene rings is 1. The summed E-state index contributed by atoms with van der Waals surface area (Å²) in [5, 5.41) is 12.3. The summed E-state index contributed by atoms with van der Waals surface area (Å²) in [6, 6.07) is 10.3. The number of hydrogen-bond acceptors (Lipinski definition) is 2. The summed E-state index contributed by atoms with van der Waals surface area (Å²) in [6.07, 6.45) is 5.74. The van der Waals surface area contributed by atoms with Crippen LogP contribution in [0, 0.1) is 0 Å². The Bertz CT molecular complexity index is 375. The number of rotatable bonds is 6. The summed E-state index contributed by atoms with van der Waals surface area (Å²) >= 11 is 0. The average Bonchev–Trinajstić information content (AvgIpc) is 2.34. The van der Waals surface area contributed by atoms with Gasteiger partial charge in [0.25, 0.3) is 0 Å². The Labute approximate surface area is 104 Å². The maximum atomic E-state index is 8.94. The van der Waals surface area contributed by atoms with E-state index in [1.165, 1.54) is 11.1 Å². The van der Waals surface area contributed by atoms with E-state index in [0.29, 0.717) is 0 Å². The maximum Gasteiger partial charge on any atom is 0.0577 e. The van der Waals surface area contributed by atoms with Crippen molar-refractivity contribution in [2.24, 2.45) is 5.16 Å². The van der Waals surface area contributed by atoms with E-state index in [-0.39, 0.29) is 0 Å². The van der Waals surface area contributed by atoms with E-state index in [1.807, 2.05) is 18.2 Å². The minimum atomic E-state index is 0.830. The molecule has 92 valence electrons. The van der Waals surface area contributed by atoms with Crippen LogP contribution in [0.25, 0.3) is 0 Å². The molecule has 0 heterocycles. The van der Waals surface area contributed by atoms with Crippen LogP contribution in [0.15, 0.2) is 47.1 Å². The molecule has 0 aliphatic heterocycles. The van der Waals surface area contributed by atoms with E-state index in [2.05, 4.69) is 37.2 Å². The van der Waals surface area contributed by atoms with E-state index in [9.17, 15) is 0 Å². The summed E-state index contributed by atoms with van der Waals surface area (Å²) in [6.45, 7) is 4.17. The number of nitrogens with zero attached hydrogens (tertiary/aromatic N) is 1. The summed E-state index contributed by atoms with van der Waals surface area (Å²) < 4.78 is 0. The highest BCUT2D eigenvalue weighted by Crippen LogP contribution is 2.07. The monoisotopic (exact) mass is 231 g/mol. The van der Waals surface area contributed by atoms with Crippen molar-refractivity contribution in [2.75, 3.05) is 0 Å². The molecule has 0 saturated heterocycles. The minimum Gasteiger partial charge on any atom is -0.411 e. The second-order valence-corrected chi connectivity index (χ2v) is 4.47. The lowest BCUT2D eigenvalue weighted by molar-refractivity contribution is 0.316.